The molecule has 122 valence electrons. The first kappa shape index (κ1) is 15.0. The first-order valence-corrected chi connectivity index (χ1v) is 8.18. The molecule has 0 atom stereocenters. The lowest BCUT2D eigenvalue weighted by atomic mass is 9.99. The highest BCUT2D eigenvalue weighted by atomic mass is 19.1. The summed E-state index contributed by atoms with van der Waals surface area (Å²) in [7, 11) is 1.94. The summed E-state index contributed by atoms with van der Waals surface area (Å²) in [6.07, 6.45) is 0.880. The number of aromatic nitrogens is 1. The van der Waals surface area contributed by atoms with Crippen LogP contribution in [0.4, 0.5) is 4.39 Å². The van der Waals surface area contributed by atoms with Crippen LogP contribution >= 0.6 is 0 Å². The van der Waals surface area contributed by atoms with Crippen LogP contribution in [0.1, 0.15) is 16.7 Å². The molecule has 1 aromatic heterocycles. The molecule has 1 aliphatic rings. The molecule has 3 N–H and O–H groups in total. The van der Waals surface area contributed by atoms with E-state index < -0.39 is 0 Å². The Bertz CT molecular complexity index is 922. The first-order chi connectivity index (χ1) is 11.7. The monoisotopic (exact) mass is 321 g/mol. The SMILES string of the molecule is C=C1NCCc2c(-c3ccc(CNC)cc3)[nH]c3cc(F)cc1c23. The van der Waals surface area contributed by atoms with Crippen molar-refractivity contribution in [3.05, 3.63) is 65.5 Å². The normalized spacial score (nSPS) is 13.8. The third-order valence-corrected chi connectivity index (χ3v) is 4.63. The lowest BCUT2D eigenvalue weighted by Gasteiger charge is -2.07. The fraction of sp³-hybridized carbons (Fsp3) is 0.200. The zero-order valence-electron chi connectivity index (χ0n) is 13.7. The molecule has 4 rings (SSSR count). The molecule has 0 bridgehead atoms. The number of halogens is 1. The number of nitrogens with one attached hydrogen (secondary N) is 3. The zero-order chi connectivity index (χ0) is 16.7. The quantitative estimate of drug-likeness (QED) is 0.686. The van der Waals surface area contributed by atoms with E-state index in [4.69, 9.17) is 0 Å². The number of benzene rings is 2. The predicted octanol–water partition coefficient (Wildman–Crippen LogP) is 3.81. The lowest BCUT2D eigenvalue weighted by molar-refractivity contribution is 0.629. The van der Waals surface area contributed by atoms with Gasteiger partial charge in [0.1, 0.15) is 5.82 Å². The summed E-state index contributed by atoms with van der Waals surface area (Å²) in [6, 6.07) is 11.6. The Kier molecular flexibility index (Phi) is 3.62. The Morgan fingerprint density at radius 3 is 2.75 bits per heavy atom. The molecule has 0 spiro atoms. The second-order valence-electron chi connectivity index (χ2n) is 6.24. The van der Waals surface area contributed by atoms with Crippen LogP contribution in [-0.4, -0.2) is 18.6 Å². The highest BCUT2D eigenvalue weighted by Gasteiger charge is 2.20. The molecule has 0 amide bonds. The summed E-state index contributed by atoms with van der Waals surface area (Å²) in [5.74, 6) is -0.244. The number of rotatable bonds is 3. The van der Waals surface area contributed by atoms with Crippen LogP contribution in [0, 0.1) is 5.82 Å². The maximum atomic E-state index is 14.0. The largest absolute Gasteiger partial charge is 0.385 e. The van der Waals surface area contributed by atoms with Gasteiger partial charge in [0, 0.05) is 40.9 Å². The van der Waals surface area contributed by atoms with Crippen LogP contribution in [0.5, 0.6) is 0 Å². The van der Waals surface area contributed by atoms with Crippen LogP contribution in [0.15, 0.2) is 43.0 Å². The molecule has 0 saturated carbocycles. The van der Waals surface area contributed by atoms with Gasteiger partial charge < -0.3 is 15.6 Å². The maximum absolute atomic E-state index is 14.0. The molecule has 4 heteroatoms. The van der Waals surface area contributed by atoms with Gasteiger partial charge in [0.05, 0.1) is 0 Å². The molecule has 2 heterocycles. The van der Waals surface area contributed by atoms with Crippen LogP contribution in [0.25, 0.3) is 27.9 Å². The Morgan fingerprint density at radius 1 is 1.21 bits per heavy atom. The molecule has 0 saturated heterocycles. The van der Waals surface area contributed by atoms with Gasteiger partial charge in [-0.3, -0.25) is 0 Å². The lowest BCUT2D eigenvalue weighted by Crippen LogP contribution is -2.12. The molecule has 3 aromatic rings. The predicted molar refractivity (Wildman–Crippen MR) is 97.2 cm³/mol. The Labute approximate surface area is 140 Å². The highest BCUT2D eigenvalue weighted by molar-refractivity contribution is 5.99. The van der Waals surface area contributed by atoms with Crippen molar-refractivity contribution in [2.45, 2.75) is 13.0 Å². The first-order valence-electron chi connectivity index (χ1n) is 8.18. The van der Waals surface area contributed by atoms with Crippen LogP contribution < -0.4 is 10.6 Å². The van der Waals surface area contributed by atoms with Crippen LogP contribution in [-0.2, 0) is 13.0 Å². The van der Waals surface area contributed by atoms with Gasteiger partial charge >= 0.3 is 0 Å². The second-order valence-corrected chi connectivity index (χ2v) is 6.24. The van der Waals surface area contributed by atoms with Crippen molar-refractivity contribution < 1.29 is 4.39 Å². The highest BCUT2D eigenvalue weighted by Crippen LogP contribution is 2.36. The molecular formula is C20H20FN3. The zero-order valence-corrected chi connectivity index (χ0v) is 13.7. The van der Waals surface area contributed by atoms with Crippen molar-refractivity contribution >= 4 is 16.6 Å². The molecule has 24 heavy (non-hydrogen) atoms. The molecule has 2 aromatic carbocycles. The van der Waals surface area contributed by atoms with E-state index in [0.29, 0.717) is 0 Å². The van der Waals surface area contributed by atoms with Crippen LogP contribution in [0.2, 0.25) is 0 Å². The van der Waals surface area contributed by atoms with Gasteiger partial charge in [-0.05, 0) is 42.3 Å². The summed E-state index contributed by atoms with van der Waals surface area (Å²) in [4.78, 5) is 3.43. The number of hydrogen-bond donors (Lipinski definition) is 3. The smallest absolute Gasteiger partial charge is 0.125 e. The summed E-state index contributed by atoms with van der Waals surface area (Å²) in [5, 5.41) is 7.53. The van der Waals surface area contributed by atoms with E-state index in [1.807, 2.05) is 7.05 Å². The summed E-state index contributed by atoms with van der Waals surface area (Å²) >= 11 is 0. The second kappa shape index (κ2) is 5.80. The minimum atomic E-state index is -0.244. The van der Waals surface area contributed by atoms with Gasteiger partial charge in [0.2, 0.25) is 0 Å². The van der Waals surface area contributed by atoms with E-state index in [0.717, 1.165) is 52.9 Å². The molecular weight excluding hydrogens is 301 g/mol. The molecule has 3 nitrogen and oxygen atoms in total. The Morgan fingerprint density at radius 2 is 2.00 bits per heavy atom. The fourth-order valence-corrected chi connectivity index (χ4v) is 3.53. The topological polar surface area (TPSA) is 39.8 Å². The molecule has 0 radical (unpaired) electrons. The minimum absolute atomic E-state index is 0.244. The van der Waals surface area contributed by atoms with Gasteiger partial charge in [-0.1, -0.05) is 30.8 Å². The maximum Gasteiger partial charge on any atom is 0.125 e. The summed E-state index contributed by atoms with van der Waals surface area (Å²) in [5.41, 5.74) is 7.14. The van der Waals surface area contributed by atoms with Crippen molar-refractivity contribution in [2.75, 3.05) is 13.6 Å². The van der Waals surface area contributed by atoms with Gasteiger partial charge in [-0.2, -0.15) is 0 Å². The molecule has 0 aliphatic carbocycles. The average Bonchev–Trinajstić information content (AvgIpc) is 2.84. The third-order valence-electron chi connectivity index (χ3n) is 4.63. The fourth-order valence-electron chi connectivity index (χ4n) is 3.53. The van der Waals surface area contributed by atoms with E-state index in [2.05, 4.69) is 46.5 Å². The van der Waals surface area contributed by atoms with Crippen LogP contribution in [0.3, 0.4) is 0 Å². The Hall–Kier alpha value is -2.59. The van der Waals surface area contributed by atoms with E-state index in [1.54, 1.807) is 12.1 Å². The van der Waals surface area contributed by atoms with Gasteiger partial charge in [-0.25, -0.2) is 4.39 Å². The van der Waals surface area contributed by atoms with E-state index in [9.17, 15) is 4.39 Å². The van der Waals surface area contributed by atoms with Gasteiger partial charge in [0.25, 0.3) is 0 Å². The number of hydrogen-bond acceptors (Lipinski definition) is 2. The summed E-state index contributed by atoms with van der Waals surface area (Å²) in [6.45, 7) is 5.70. The summed E-state index contributed by atoms with van der Waals surface area (Å²) < 4.78 is 14.0. The van der Waals surface area contributed by atoms with Gasteiger partial charge in [-0.15, -0.1) is 0 Å². The standard InChI is InChI=1S/C20H20FN3/c1-12-17-9-15(21)10-18-19(17)16(7-8-23-12)20(24-18)14-5-3-13(4-6-14)11-22-2/h3-6,9-10,22-24H,1,7-8,11H2,2H3. The number of aromatic amines is 1. The molecule has 0 unspecified atom stereocenters. The van der Waals surface area contributed by atoms with Crippen molar-refractivity contribution in [1.82, 2.24) is 15.6 Å². The average molecular weight is 321 g/mol. The van der Waals surface area contributed by atoms with Gasteiger partial charge in [0.15, 0.2) is 0 Å². The molecule has 1 aliphatic heterocycles. The number of H-pyrrole nitrogens is 1. The van der Waals surface area contributed by atoms with E-state index in [1.165, 1.54) is 11.1 Å². The molecule has 0 fully saturated rings. The van der Waals surface area contributed by atoms with Crippen molar-refractivity contribution in [1.29, 1.82) is 0 Å². The van der Waals surface area contributed by atoms with Crippen molar-refractivity contribution in [2.24, 2.45) is 0 Å². The Balaban J connectivity index is 1.91. The van der Waals surface area contributed by atoms with Crippen molar-refractivity contribution in [3.63, 3.8) is 0 Å². The minimum Gasteiger partial charge on any atom is -0.385 e. The van der Waals surface area contributed by atoms with E-state index in [-0.39, 0.29) is 5.82 Å². The van der Waals surface area contributed by atoms with Crippen molar-refractivity contribution in [3.8, 4) is 11.3 Å². The van der Waals surface area contributed by atoms with E-state index >= 15 is 0 Å². The third kappa shape index (κ3) is 2.39.